The first-order chi connectivity index (χ1) is 11.3. The summed E-state index contributed by atoms with van der Waals surface area (Å²) < 4.78 is 4.25. The quantitative estimate of drug-likeness (QED) is 0.304. The Labute approximate surface area is 147 Å². The fourth-order valence-corrected chi connectivity index (χ4v) is 2.22. The summed E-state index contributed by atoms with van der Waals surface area (Å²) >= 11 is 5.78. The average Bonchev–Trinajstić information content (AvgIpc) is 2.52. The summed E-state index contributed by atoms with van der Waals surface area (Å²) in [6.45, 7) is 6.08. The molecule has 2 unspecified atom stereocenters. The Morgan fingerprint density at radius 2 is 2.04 bits per heavy atom. The lowest BCUT2D eigenvalue weighted by Crippen LogP contribution is -2.38. The third kappa shape index (κ3) is 7.18. The van der Waals surface area contributed by atoms with Crippen molar-refractivity contribution in [3.8, 4) is 0 Å². The van der Waals surface area contributed by atoms with Crippen LogP contribution in [-0.4, -0.2) is 48.0 Å². The van der Waals surface area contributed by atoms with Crippen LogP contribution in [0.5, 0.6) is 0 Å². The summed E-state index contributed by atoms with van der Waals surface area (Å²) in [6, 6.07) is 0.00191. The van der Waals surface area contributed by atoms with Crippen LogP contribution in [0.25, 0.3) is 0 Å². The summed E-state index contributed by atoms with van der Waals surface area (Å²) in [6.07, 6.45) is 3.66. The van der Waals surface area contributed by atoms with Crippen molar-refractivity contribution in [2.75, 3.05) is 25.7 Å². The second-order valence-corrected chi connectivity index (χ2v) is 5.75. The van der Waals surface area contributed by atoms with Gasteiger partial charge in [-0.05, 0) is 24.9 Å². The molecule has 0 aliphatic heterocycles. The maximum atomic E-state index is 11.2. The average molecular weight is 361 g/mol. The zero-order valence-electron chi connectivity index (χ0n) is 14.7. The van der Waals surface area contributed by atoms with Gasteiger partial charge in [-0.3, -0.25) is 10.1 Å². The molecule has 0 bridgehead atoms. The van der Waals surface area contributed by atoms with Crippen LogP contribution < -0.4 is 4.90 Å². The largest absolute Gasteiger partial charge is 0.388 e. The topological polar surface area (TPSA) is 98.5 Å². The van der Waals surface area contributed by atoms with Gasteiger partial charge in [-0.25, -0.2) is 4.98 Å². The molecule has 0 aliphatic carbocycles. The smallest absolute Gasteiger partial charge is 0.329 e. The second kappa shape index (κ2) is 11.7. The van der Waals surface area contributed by atoms with E-state index >= 15 is 0 Å². The van der Waals surface area contributed by atoms with Crippen LogP contribution in [0, 0.1) is 16.0 Å². The van der Waals surface area contributed by atoms with E-state index in [1.165, 1.54) is 0 Å². The third-order valence-electron chi connectivity index (χ3n) is 3.14. The highest BCUT2D eigenvalue weighted by atomic mass is 35.5. The van der Waals surface area contributed by atoms with Gasteiger partial charge in [-0.1, -0.05) is 20.3 Å². The highest BCUT2D eigenvalue weighted by Gasteiger charge is 2.27. The zero-order chi connectivity index (χ0) is 18.7. The predicted octanol–water partition coefficient (Wildman–Crippen LogP) is 3.13. The molecule has 0 amide bonds. The fourth-order valence-electron chi connectivity index (χ4n) is 2.09. The molecule has 0 aromatic carbocycles. The molecule has 136 valence electrons. The lowest BCUT2D eigenvalue weighted by atomic mass is 10.1. The highest BCUT2D eigenvalue weighted by Crippen LogP contribution is 2.29. The Balaban J connectivity index is 0.00000163. The van der Waals surface area contributed by atoms with E-state index in [0.29, 0.717) is 6.54 Å². The zero-order valence-corrected chi connectivity index (χ0v) is 15.5. The number of anilines is 1. The first kappa shape index (κ1) is 22.2. The van der Waals surface area contributed by atoms with Gasteiger partial charge in [0.2, 0.25) is 11.1 Å². The van der Waals surface area contributed by atoms with Crippen molar-refractivity contribution in [3.05, 3.63) is 21.6 Å². The van der Waals surface area contributed by atoms with Gasteiger partial charge in [0, 0.05) is 32.7 Å². The number of methoxy groups -OCH3 is 1. The molecular formula is C15H25ClN4O4. The van der Waals surface area contributed by atoms with Gasteiger partial charge in [-0.2, -0.15) is 4.98 Å². The number of hydrogen-bond donors (Lipinski definition) is 0. The van der Waals surface area contributed by atoms with Crippen molar-refractivity contribution in [2.24, 2.45) is 5.92 Å². The maximum absolute atomic E-state index is 11.2. The Hall–Kier alpha value is -1.80. The van der Waals surface area contributed by atoms with Crippen LogP contribution in [0.3, 0.4) is 0 Å². The van der Waals surface area contributed by atoms with Crippen molar-refractivity contribution >= 4 is 29.4 Å². The summed E-state index contributed by atoms with van der Waals surface area (Å²) in [7, 11) is 3.25. The van der Waals surface area contributed by atoms with Gasteiger partial charge in [0.05, 0.1) is 4.92 Å². The van der Waals surface area contributed by atoms with Crippen molar-refractivity contribution in [1.29, 1.82) is 0 Å². The van der Waals surface area contributed by atoms with E-state index in [1.807, 2.05) is 13.8 Å². The number of carbonyl (C=O) groups is 1. The molecule has 0 saturated carbocycles. The highest BCUT2D eigenvalue weighted by molar-refractivity contribution is 6.28. The van der Waals surface area contributed by atoms with Crippen molar-refractivity contribution in [2.45, 2.75) is 39.7 Å². The van der Waals surface area contributed by atoms with Crippen LogP contribution in [0.1, 0.15) is 33.6 Å². The third-order valence-corrected chi connectivity index (χ3v) is 3.33. The van der Waals surface area contributed by atoms with Gasteiger partial charge in [-0.15, -0.1) is 0 Å². The lowest BCUT2D eigenvalue weighted by Gasteiger charge is -2.30. The van der Waals surface area contributed by atoms with E-state index in [2.05, 4.69) is 14.7 Å². The molecule has 1 rings (SSSR count). The Morgan fingerprint density at radius 3 is 2.50 bits per heavy atom. The number of ether oxygens (including phenoxy) is 1. The number of aldehydes is 1. The molecule has 1 aromatic heterocycles. The summed E-state index contributed by atoms with van der Waals surface area (Å²) in [5.74, 6) is -0.104. The van der Waals surface area contributed by atoms with E-state index in [0.717, 1.165) is 25.3 Å². The molecule has 0 saturated heterocycles. The molecular weight excluding hydrogens is 336 g/mol. The molecule has 24 heavy (non-hydrogen) atoms. The van der Waals surface area contributed by atoms with Gasteiger partial charge in [0.1, 0.15) is 12.5 Å². The number of carbonyl (C=O) groups excluding carboxylic acids is 1. The number of nitro groups is 1. The number of hydrogen-bond acceptors (Lipinski definition) is 7. The lowest BCUT2D eigenvalue weighted by molar-refractivity contribution is -0.384. The first-order valence-electron chi connectivity index (χ1n) is 7.61. The number of aromatic nitrogens is 2. The van der Waals surface area contributed by atoms with E-state index in [9.17, 15) is 14.9 Å². The fraction of sp³-hybridized carbons (Fsp3) is 0.667. The maximum Gasteiger partial charge on any atom is 0.329 e. The summed E-state index contributed by atoms with van der Waals surface area (Å²) in [5, 5.41) is 11.1. The van der Waals surface area contributed by atoms with Gasteiger partial charge in [0.25, 0.3) is 0 Å². The van der Waals surface area contributed by atoms with Crippen LogP contribution in [-0.2, 0) is 9.53 Å². The van der Waals surface area contributed by atoms with Crippen LogP contribution in [0.2, 0.25) is 5.28 Å². The van der Waals surface area contributed by atoms with Crippen LogP contribution >= 0.6 is 11.6 Å². The minimum Gasteiger partial charge on any atom is -0.388 e. The molecule has 0 N–H and O–H groups in total. The predicted molar refractivity (Wildman–Crippen MR) is 93.6 cm³/mol. The molecule has 8 nitrogen and oxygen atoms in total. The number of halogens is 1. The van der Waals surface area contributed by atoms with Gasteiger partial charge < -0.3 is 14.4 Å². The molecule has 2 atom stereocenters. The van der Waals surface area contributed by atoms with E-state index in [4.69, 9.17) is 11.6 Å². The van der Waals surface area contributed by atoms with Crippen LogP contribution in [0.15, 0.2) is 6.20 Å². The number of rotatable bonds is 8. The first-order valence-corrected chi connectivity index (χ1v) is 7.99. The molecule has 0 fully saturated rings. The Morgan fingerprint density at radius 1 is 1.46 bits per heavy atom. The molecule has 9 heteroatoms. The van der Waals surface area contributed by atoms with Gasteiger partial charge in [0.15, 0.2) is 0 Å². The Kier molecular flexibility index (Phi) is 10.8. The normalized spacial score (nSPS) is 12.6. The van der Waals surface area contributed by atoms with Crippen molar-refractivity contribution in [1.82, 2.24) is 9.97 Å². The minimum atomic E-state index is -0.539. The molecule has 1 heterocycles. The Bertz CT molecular complexity index is 530. The monoisotopic (exact) mass is 360 g/mol. The van der Waals surface area contributed by atoms with Crippen molar-refractivity contribution < 1.29 is 14.5 Å². The van der Waals surface area contributed by atoms with Gasteiger partial charge >= 0.3 is 5.69 Å². The SMILES string of the molecule is CCCC(C)N(CC(C)C=O)c1nc(Cl)ncc1[N+](=O)[O-].COC. The summed E-state index contributed by atoms with van der Waals surface area (Å²) in [4.78, 5) is 31.0. The van der Waals surface area contributed by atoms with E-state index in [-0.39, 0.29) is 28.7 Å². The second-order valence-electron chi connectivity index (χ2n) is 5.42. The standard InChI is InChI=1S/C13H19ClN4O3.C2H6O/c1-4-5-10(3)17(7-9(2)8-19)12-11(18(20)21)6-15-13(14)16-12;1-3-2/h6,8-10H,4-5,7H2,1-3H3;1-2H3. The molecule has 0 radical (unpaired) electrons. The van der Waals surface area contributed by atoms with Crippen LogP contribution in [0.4, 0.5) is 11.5 Å². The van der Waals surface area contributed by atoms with Crippen molar-refractivity contribution in [3.63, 3.8) is 0 Å². The molecule has 0 aliphatic rings. The number of nitrogens with zero attached hydrogens (tertiary/aromatic N) is 4. The minimum absolute atomic E-state index is 0.00191. The molecule has 1 aromatic rings. The molecule has 0 spiro atoms. The van der Waals surface area contributed by atoms with E-state index in [1.54, 1.807) is 26.0 Å². The summed E-state index contributed by atoms with van der Waals surface area (Å²) in [5.41, 5.74) is -0.208. The van der Waals surface area contributed by atoms with E-state index < -0.39 is 4.92 Å².